The fourth-order valence-corrected chi connectivity index (χ4v) is 3.78. The van der Waals surface area contributed by atoms with Crippen molar-refractivity contribution in [3.05, 3.63) is 0 Å². The van der Waals surface area contributed by atoms with Crippen molar-refractivity contribution in [2.75, 3.05) is 159 Å². The van der Waals surface area contributed by atoms with Gasteiger partial charge in [0.15, 0.2) is 0 Å². The molecule has 0 saturated heterocycles. The van der Waals surface area contributed by atoms with Crippen LogP contribution in [0.15, 0.2) is 0 Å². The lowest BCUT2D eigenvalue weighted by molar-refractivity contribution is -0.0284. The third kappa shape index (κ3) is 43.5. The second-order valence-corrected chi connectivity index (χ2v) is 10.5. The molecule has 0 unspecified atom stereocenters. The molecule has 0 aromatic rings. The van der Waals surface area contributed by atoms with Gasteiger partial charge in [-0.2, -0.15) is 0 Å². The van der Waals surface area contributed by atoms with E-state index >= 15 is 0 Å². The number of hydrogen-bond donors (Lipinski definition) is 0. The Morgan fingerprint density at radius 3 is 0.543 bits per heavy atom. The molecular weight excluding hydrogens is 600 g/mol. The molecule has 0 radical (unpaired) electrons. The summed E-state index contributed by atoms with van der Waals surface area (Å²) in [6, 6.07) is 0. The normalized spacial score (nSPS) is 11.6. The van der Waals surface area contributed by atoms with Crippen LogP contribution in [0.4, 0.5) is 0 Å². The van der Waals surface area contributed by atoms with Crippen LogP contribution in [0.3, 0.4) is 0 Å². The van der Waals surface area contributed by atoms with Crippen LogP contribution in [0.25, 0.3) is 0 Å². The third-order valence-corrected chi connectivity index (χ3v) is 6.38. The first-order valence-electron chi connectivity index (χ1n) is 17.8. The highest BCUT2D eigenvalue weighted by Crippen LogP contribution is 2.02. The summed E-state index contributed by atoms with van der Waals surface area (Å²) in [5.74, 6) is 0. The summed E-state index contributed by atoms with van der Waals surface area (Å²) >= 11 is 0. The average Bonchev–Trinajstić information content (AvgIpc) is 3.07. The van der Waals surface area contributed by atoms with E-state index in [1.54, 1.807) is 0 Å². The molecule has 12 heteroatoms. The van der Waals surface area contributed by atoms with Gasteiger partial charge < -0.3 is 56.8 Å². The fourth-order valence-electron chi connectivity index (χ4n) is 3.78. The molecule has 46 heavy (non-hydrogen) atoms. The molecule has 0 saturated carbocycles. The van der Waals surface area contributed by atoms with Crippen LogP contribution in [0.5, 0.6) is 0 Å². The summed E-state index contributed by atoms with van der Waals surface area (Å²) in [5.41, 5.74) is 0. The van der Waals surface area contributed by atoms with Crippen molar-refractivity contribution in [1.29, 1.82) is 0 Å². The van der Waals surface area contributed by atoms with Crippen molar-refractivity contribution in [3.63, 3.8) is 0 Å². The Morgan fingerprint density at radius 2 is 0.326 bits per heavy atom. The molecular formula is C34H70O12. The van der Waals surface area contributed by atoms with E-state index in [9.17, 15) is 0 Å². The molecule has 0 bridgehead atoms. The monoisotopic (exact) mass is 670 g/mol. The SMILES string of the molecule is CCCCCCCOCCOCCOCCOCCOCCOCCOCCOCCOCCOCCOCCOCCCCC. The van der Waals surface area contributed by atoms with E-state index < -0.39 is 0 Å². The molecule has 0 atom stereocenters. The van der Waals surface area contributed by atoms with Gasteiger partial charge in [0.1, 0.15) is 0 Å². The number of unbranched alkanes of at least 4 members (excludes halogenated alkanes) is 6. The number of ether oxygens (including phenoxy) is 12. The molecule has 0 fully saturated rings. The van der Waals surface area contributed by atoms with Crippen LogP contribution in [0.1, 0.15) is 65.2 Å². The van der Waals surface area contributed by atoms with E-state index in [0.29, 0.717) is 145 Å². The van der Waals surface area contributed by atoms with Crippen LogP contribution in [0, 0.1) is 0 Å². The van der Waals surface area contributed by atoms with Gasteiger partial charge in [0.2, 0.25) is 0 Å². The van der Waals surface area contributed by atoms with E-state index in [0.717, 1.165) is 26.1 Å². The summed E-state index contributed by atoms with van der Waals surface area (Å²) in [6.07, 6.45) is 9.84. The molecule has 0 rings (SSSR count). The lowest BCUT2D eigenvalue weighted by Crippen LogP contribution is -2.15. The van der Waals surface area contributed by atoms with E-state index in [1.165, 1.54) is 38.5 Å². The highest BCUT2D eigenvalue weighted by molar-refractivity contribution is 4.43. The average molecular weight is 671 g/mol. The van der Waals surface area contributed by atoms with Crippen LogP contribution < -0.4 is 0 Å². The van der Waals surface area contributed by atoms with Gasteiger partial charge in [-0.3, -0.25) is 0 Å². The van der Waals surface area contributed by atoms with Crippen molar-refractivity contribution in [2.24, 2.45) is 0 Å². The second kappa shape index (κ2) is 44.5. The predicted octanol–water partition coefficient (Wildman–Crippen LogP) is 4.35. The van der Waals surface area contributed by atoms with Crippen LogP contribution >= 0.6 is 0 Å². The van der Waals surface area contributed by atoms with Gasteiger partial charge in [-0.05, 0) is 12.8 Å². The van der Waals surface area contributed by atoms with Gasteiger partial charge in [-0.15, -0.1) is 0 Å². The summed E-state index contributed by atoms with van der Waals surface area (Å²) in [4.78, 5) is 0. The molecule has 0 aliphatic heterocycles. The molecule has 0 aromatic carbocycles. The lowest BCUT2D eigenvalue weighted by Gasteiger charge is -2.09. The summed E-state index contributed by atoms with van der Waals surface area (Å²) in [7, 11) is 0. The lowest BCUT2D eigenvalue weighted by atomic mass is 10.2. The molecule has 0 aromatic heterocycles. The van der Waals surface area contributed by atoms with Crippen LogP contribution in [-0.4, -0.2) is 159 Å². The Morgan fingerprint density at radius 1 is 0.174 bits per heavy atom. The Hall–Kier alpha value is -0.480. The maximum Gasteiger partial charge on any atom is 0.0701 e. The zero-order valence-corrected chi connectivity index (χ0v) is 29.5. The molecule has 278 valence electrons. The first-order chi connectivity index (χ1) is 22.9. The van der Waals surface area contributed by atoms with E-state index in [1.807, 2.05) is 0 Å². The van der Waals surface area contributed by atoms with Gasteiger partial charge in [-0.1, -0.05) is 52.4 Å². The topological polar surface area (TPSA) is 111 Å². The number of hydrogen-bond acceptors (Lipinski definition) is 12. The smallest absolute Gasteiger partial charge is 0.0701 e. The molecule has 0 N–H and O–H groups in total. The molecule has 0 aliphatic rings. The molecule has 12 nitrogen and oxygen atoms in total. The van der Waals surface area contributed by atoms with E-state index in [2.05, 4.69) is 13.8 Å². The minimum atomic E-state index is 0.522. The van der Waals surface area contributed by atoms with Crippen molar-refractivity contribution >= 4 is 0 Å². The standard InChI is InChI=1S/C34H70O12/c1-3-5-7-8-10-12-36-14-16-38-18-20-40-22-24-42-26-28-44-30-32-46-34-33-45-31-29-43-27-25-41-23-21-39-19-17-37-15-13-35-11-9-6-4-2/h3-34H2,1-2H3. The van der Waals surface area contributed by atoms with Gasteiger partial charge >= 0.3 is 0 Å². The maximum absolute atomic E-state index is 5.56. The Labute approximate surface area is 280 Å². The predicted molar refractivity (Wildman–Crippen MR) is 178 cm³/mol. The largest absolute Gasteiger partial charge is 0.379 e. The minimum Gasteiger partial charge on any atom is -0.379 e. The van der Waals surface area contributed by atoms with E-state index in [4.69, 9.17) is 56.8 Å². The van der Waals surface area contributed by atoms with Crippen molar-refractivity contribution in [2.45, 2.75) is 65.2 Å². The summed E-state index contributed by atoms with van der Waals surface area (Å²) in [6.45, 7) is 18.2. The van der Waals surface area contributed by atoms with E-state index in [-0.39, 0.29) is 0 Å². The molecule has 0 spiro atoms. The third-order valence-electron chi connectivity index (χ3n) is 6.38. The zero-order valence-electron chi connectivity index (χ0n) is 29.5. The number of rotatable bonds is 43. The van der Waals surface area contributed by atoms with Gasteiger partial charge in [-0.25, -0.2) is 0 Å². The van der Waals surface area contributed by atoms with Crippen LogP contribution in [0.2, 0.25) is 0 Å². The zero-order chi connectivity index (χ0) is 33.1. The van der Waals surface area contributed by atoms with Crippen molar-refractivity contribution in [3.8, 4) is 0 Å². The summed E-state index contributed by atoms with van der Waals surface area (Å²) < 4.78 is 65.9. The Balaban J connectivity index is 3.03. The highest BCUT2D eigenvalue weighted by Gasteiger charge is 1.97. The Bertz CT molecular complexity index is 475. The maximum atomic E-state index is 5.56. The van der Waals surface area contributed by atoms with Crippen LogP contribution in [-0.2, 0) is 56.8 Å². The first kappa shape index (κ1) is 45.5. The molecule has 0 aliphatic carbocycles. The summed E-state index contributed by atoms with van der Waals surface area (Å²) in [5, 5.41) is 0. The minimum absolute atomic E-state index is 0.522. The molecule has 0 heterocycles. The van der Waals surface area contributed by atoms with Crippen molar-refractivity contribution in [1.82, 2.24) is 0 Å². The van der Waals surface area contributed by atoms with Gasteiger partial charge in [0.25, 0.3) is 0 Å². The quantitative estimate of drug-likeness (QED) is 0.0861. The van der Waals surface area contributed by atoms with Crippen molar-refractivity contribution < 1.29 is 56.8 Å². The second-order valence-electron chi connectivity index (χ2n) is 10.5. The fraction of sp³-hybridized carbons (Fsp3) is 1.00. The molecule has 0 amide bonds. The van der Waals surface area contributed by atoms with Gasteiger partial charge in [0, 0.05) is 13.2 Å². The first-order valence-corrected chi connectivity index (χ1v) is 17.8. The highest BCUT2D eigenvalue weighted by atomic mass is 16.6. The Kier molecular flexibility index (Phi) is 44.1. The van der Waals surface area contributed by atoms with Gasteiger partial charge in [0.05, 0.1) is 145 Å².